The monoisotopic (exact) mass is 319 g/mol. The molecule has 0 bridgehead atoms. The van der Waals surface area contributed by atoms with E-state index in [1.165, 1.54) is 14.2 Å². The molecule has 2 rings (SSSR count). The number of ether oxygens (including phenoxy) is 2. The highest BCUT2D eigenvalue weighted by Gasteiger charge is 2.34. The molecular formula is C17H21NO5. The lowest BCUT2D eigenvalue weighted by Crippen LogP contribution is -2.45. The van der Waals surface area contributed by atoms with Crippen LogP contribution in [0.25, 0.3) is 0 Å². The average molecular weight is 319 g/mol. The molecule has 0 unspecified atom stereocenters. The Bertz CT molecular complexity index is 596. The summed E-state index contributed by atoms with van der Waals surface area (Å²) < 4.78 is 9.43. The van der Waals surface area contributed by atoms with Crippen LogP contribution in [-0.2, 0) is 14.3 Å². The van der Waals surface area contributed by atoms with Crippen molar-refractivity contribution >= 4 is 17.8 Å². The number of nitrogens with zero attached hydrogens (tertiary/aromatic N) is 1. The smallest absolute Gasteiger partial charge is 0.337 e. The molecule has 23 heavy (non-hydrogen) atoms. The van der Waals surface area contributed by atoms with E-state index >= 15 is 0 Å². The van der Waals surface area contributed by atoms with Gasteiger partial charge in [0.2, 0.25) is 0 Å². The predicted octanol–water partition coefficient (Wildman–Crippen LogP) is 1.74. The quantitative estimate of drug-likeness (QED) is 0.794. The second-order valence-corrected chi connectivity index (χ2v) is 5.72. The molecule has 6 heteroatoms. The minimum Gasteiger partial charge on any atom is -0.469 e. The van der Waals surface area contributed by atoms with Gasteiger partial charge in [0, 0.05) is 18.7 Å². The van der Waals surface area contributed by atoms with Crippen molar-refractivity contribution in [2.45, 2.75) is 13.3 Å². The second kappa shape index (κ2) is 7.26. The normalized spacial score (nSPS) is 20.7. The van der Waals surface area contributed by atoms with E-state index in [4.69, 9.17) is 4.74 Å². The minimum atomic E-state index is -0.434. The van der Waals surface area contributed by atoms with Crippen LogP contribution in [0.15, 0.2) is 24.3 Å². The highest BCUT2D eigenvalue weighted by Crippen LogP contribution is 2.25. The predicted molar refractivity (Wildman–Crippen MR) is 83.0 cm³/mol. The van der Waals surface area contributed by atoms with Gasteiger partial charge in [-0.15, -0.1) is 0 Å². The molecule has 0 spiro atoms. The van der Waals surface area contributed by atoms with Crippen molar-refractivity contribution in [3.05, 3.63) is 35.4 Å². The van der Waals surface area contributed by atoms with Crippen LogP contribution in [0.2, 0.25) is 0 Å². The fraction of sp³-hybridized carbons (Fsp3) is 0.471. The van der Waals surface area contributed by atoms with E-state index in [2.05, 4.69) is 4.74 Å². The van der Waals surface area contributed by atoms with Gasteiger partial charge in [0.25, 0.3) is 5.91 Å². The number of piperidine rings is 1. The molecule has 1 saturated heterocycles. The third kappa shape index (κ3) is 3.70. The number of likely N-dealkylation sites (tertiary alicyclic amines) is 1. The summed E-state index contributed by atoms with van der Waals surface area (Å²) in [5, 5.41) is 0. The summed E-state index contributed by atoms with van der Waals surface area (Å²) >= 11 is 0. The van der Waals surface area contributed by atoms with Gasteiger partial charge in [-0.3, -0.25) is 9.59 Å². The third-order valence-corrected chi connectivity index (χ3v) is 4.25. The molecule has 1 aromatic rings. The molecule has 1 aliphatic heterocycles. The molecule has 0 N–H and O–H groups in total. The number of carbonyl (C=O) groups excluding carboxylic acids is 3. The largest absolute Gasteiger partial charge is 0.469 e. The van der Waals surface area contributed by atoms with E-state index < -0.39 is 5.97 Å². The second-order valence-electron chi connectivity index (χ2n) is 5.72. The number of carbonyl (C=O) groups is 3. The van der Waals surface area contributed by atoms with Crippen molar-refractivity contribution in [2.24, 2.45) is 11.8 Å². The topological polar surface area (TPSA) is 72.9 Å². The molecule has 1 aromatic carbocycles. The van der Waals surface area contributed by atoms with Gasteiger partial charge < -0.3 is 14.4 Å². The highest BCUT2D eigenvalue weighted by molar-refractivity contribution is 5.96. The summed E-state index contributed by atoms with van der Waals surface area (Å²) in [6, 6.07) is 6.38. The molecule has 0 aliphatic carbocycles. The molecule has 1 amide bonds. The van der Waals surface area contributed by atoms with Gasteiger partial charge in [-0.1, -0.05) is 6.92 Å². The summed E-state index contributed by atoms with van der Waals surface area (Å²) in [4.78, 5) is 37.4. The number of hydrogen-bond acceptors (Lipinski definition) is 5. The van der Waals surface area contributed by atoms with Crippen molar-refractivity contribution < 1.29 is 23.9 Å². The molecule has 6 nitrogen and oxygen atoms in total. The van der Waals surface area contributed by atoms with E-state index in [1.54, 1.807) is 29.2 Å². The highest BCUT2D eigenvalue weighted by atomic mass is 16.5. The zero-order valence-electron chi connectivity index (χ0n) is 13.6. The van der Waals surface area contributed by atoms with Gasteiger partial charge in [-0.25, -0.2) is 4.79 Å². The summed E-state index contributed by atoms with van der Waals surface area (Å²) in [5.74, 6) is -0.861. The Morgan fingerprint density at radius 3 is 2.17 bits per heavy atom. The first kappa shape index (κ1) is 17.0. The number of rotatable bonds is 3. The van der Waals surface area contributed by atoms with Crippen molar-refractivity contribution in [3.63, 3.8) is 0 Å². The van der Waals surface area contributed by atoms with Crippen molar-refractivity contribution in [2.75, 3.05) is 27.3 Å². The molecule has 0 saturated carbocycles. The van der Waals surface area contributed by atoms with Crippen molar-refractivity contribution in [3.8, 4) is 0 Å². The maximum absolute atomic E-state index is 12.5. The Morgan fingerprint density at radius 2 is 1.65 bits per heavy atom. The maximum atomic E-state index is 12.5. The van der Waals surface area contributed by atoms with Crippen LogP contribution in [0.4, 0.5) is 0 Å². The summed E-state index contributed by atoms with van der Waals surface area (Å²) in [5.41, 5.74) is 0.920. The lowest BCUT2D eigenvalue weighted by molar-refractivity contribution is -0.148. The Kier molecular flexibility index (Phi) is 5.36. The first-order chi connectivity index (χ1) is 11.0. The average Bonchev–Trinajstić information content (AvgIpc) is 2.59. The van der Waals surface area contributed by atoms with Gasteiger partial charge in [0.05, 0.1) is 25.7 Å². The van der Waals surface area contributed by atoms with Crippen LogP contribution in [-0.4, -0.2) is 50.1 Å². The van der Waals surface area contributed by atoms with E-state index in [9.17, 15) is 14.4 Å². The molecule has 1 heterocycles. The van der Waals surface area contributed by atoms with Gasteiger partial charge in [-0.2, -0.15) is 0 Å². The van der Waals surface area contributed by atoms with Crippen LogP contribution in [0, 0.1) is 11.8 Å². The van der Waals surface area contributed by atoms with Crippen molar-refractivity contribution in [1.82, 2.24) is 4.90 Å². The van der Waals surface area contributed by atoms with Crippen LogP contribution in [0.1, 0.15) is 34.1 Å². The minimum absolute atomic E-state index is 0.0505. The Morgan fingerprint density at radius 1 is 1.04 bits per heavy atom. The summed E-state index contributed by atoms with van der Waals surface area (Å²) in [6.45, 7) is 2.97. The van der Waals surface area contributed by atoms with E-state index in [0.717, 1.165) is 0 Å². The zero-order valence-corrected chi connectivity index (χ0v) is 13.6. The van der Waals surface area contributed by atoms with Gasteiger partial charge in [-0.05, 0) is 36.6 Å². The fourth-order valence-corrected chi connectivity index (χ4v) is 2.88. The number of amides is 1. The number of hydrogen-bond donors (Lipinski definition) is 0. The Labute approximate surface area is 135 Å². The van der Waals surface area contributed by atoms with Crippen LogP contribution in [0.5, 0.6) is 0 Å². The standard InChI is InChI=1S/C17H21NO5/c1-11-10-18(9-8-14(11)17(21)23-3)15(19)12-4-6-13(7-5-12)16(20)22-2/h4-7,11,14H,8-10H2,1-3H3/t11-,14-/m0/s1. The Hall–Kier alpha value is -2.37. The van der Waals surface area contributed by atoms with Crippen LogP contribution >= 0.6 is 0 Å². The van der Waals surface area contributed by atoms with Crippen molar-refractivity contribution in [1.29, 1.82) is 0 Å². The molecule has 124 valence electrons. The van der Waals surface area contributed by atoms with Crippen LogP contribution in [0.3, 0.4) is 0 Å². The molecule has 2 atom stereocenters. The molecule has 0 aromatic heterocycles. The summed E-state index contributed by atoms with van der Waals surface area (Å²) in [6.07, 6.45) is 0.597. The van der Waals surface area contributed by atoms with Gasteiger partial charge in [0.1, 0.15) is 0 Å². The Balaban J connectivity index is 2.04. The molecule has 0 radical (unpaired) electrons. The first-order valence-electron chi connectivity index (χ1n) is 7.53. The molecule has 1 aliphatic rings. The number of methoxy groups -OCH3 is 2. The van der Waals surface area contributed by atoms with Gasteiger partial charge in [0.15, 0.2) is 0 Å². The molecular weight excluding hydrogens is 298 g/mol. The number of benzene rings is 1. The lowest BCUT2D eigenvalue weighted by atomic mass is 9.86. The third-order valence-electron chi connectivity index (χ3n) is 4.25. The van der Waals surface area contributed by atoms with Gasteiger partial charge >= 0.3 is 11.9 Å². The summed E-state index contributed by atoms with van der Waals surface area (Å²) in [7, 11) is 2.70. The SMILES string of the molecule is COC(=O)c1ccc(C(=O)N2CC[C@H](C(=O)OC)[C@@H](C)C2)cc1. The zero-order chi connectivity index (χ0) is 17.0. The van der Waals surface area contributed by atoms with E-state index in [1.807, 2.05) is 6.92 Å². The fourth-order valence-electron chi connectivity index (χ4n) is 2.88. The lowest BCUT2D eigenvalue weighted by Gasteiger charge is -2.35. The maximum Gasteiger partial charge on any atom is 0.337 e. The van der Waals surface area contributed by atoms with Crippen LogP contribution < -0.4 is 0 Å². The number of esters is 2. The van der Waals surface area contributed by atoms with E-state index in [-0.39, 0.29) is 23.7 Å². The first-order valence-corrected chi connectivity index (χ1v) is 7.53. The van der Waals surface area contributed by atoms with E-state index in [0.29, 0.717) is 30.6 Å². The molecule has 1 fully saturated rings.